The number of ether oxygens (including phenoxy) is 1. The van der Waals surface area contributed by atoms with Crippen molar-refractivity contribution in [3.8, 4) is 11.5 Å². The molecule has 0 unspecified atom stereocenters. The molecule has 0 spiro atoms. The van der Waals surface area contributed by atoms with Crippen LogP contribution in [0.5, 0.6) is 11.5 Å². The van der Waals surface area contributed by atoms with E-state index in [0.29, 0.717) is 28.6 Å². The van der Waals surface area contributed by atoms with Crippen LogP contribution in [0, 0.1) is 5.92 Å². The largest absolute Gasteiger partial charge is 0.455 e. The molecule has 7 heteroatoms. The van der Waals surface area contributed by atoms with Gasteiger partial charge in [0, 0.05) is 29.9 Å². The van der Waals surface area contributed by atoms with Gasteiger partial charge in [0.1, 0.15) is 17.3 Å². The quantitative estimate of drug-likeness (QED) is 0.683. The van der Waals surface area contributed by atoms with E-state index in [9.17, 15) is 9.59 Å². The van der Waals surface area contributed by atoms with Crippen LogP contribution in [0.2, 0.25) is 0 Å². The lowest BCUT2D eigenvalue weighted by molar-refractivity contribution is -0.117. The first-order chi connectivity index (χ1) is 13.7. The van der Waals surface area contributed by atoms with E-state index >= 15 is 0 Å². The van der Waals surface area contributed by atoms with E-state index in [2.05, 4.69) is 20.6 Å². The summed E-state index contributed by atoms with van der Waals surface area (Å²) < 4.78 is 5.83. The van der Waals surface area contributed by atoms with Gasteiger partial charge in [0.15, 0.2) is 5.75 Å². The predicted octanol–water partition coefficient (Wildman–Crippen LogP) is 3.87. The first-order valence-corrected chi connectivity index (χ1v) is 8.94. The molecule has 7 nitrogen and oxygen atoms in total. The lowest BCUT2D eigenvalue weighted by atomic mass is 10.2. The summed E-state index contributed by atoms with van der Waals surface area (Å²) >= 11 is 0. The number of hydrogen-bond acceptors (Lipinski definition) is 5. The summed E-state index contributed by atoms with van der Waals surface area (Å²) in [7, 11) is 0. The van der Waals surface area contributed by atoms with E-state index in [1.165, 1.54) is 12.4 Å². The minimum absolute atomic E-state index is 0.0594. The Labute approximate surface area is 161 Å². The van der Waals surface area contributed by atoms with Crippen molar-refractivity contribution in [3.05, 3.63) is 72.7 Å². The Morgan fingerprint density at radius 3 is 2.61 bits per heavy atom. The maximum absolute atomic E-state index is 12.7. The molecular formula is C21H18N4O3. The third-order valence-corrected chi connectivity index (χ3v) is 4.22. The fourth-order valence-corrected chi connectivity index (χ4v) is 2.59. The minimum atomic E-state index is -0.352. The van der Waals surface area contributed by atoms with Crippen LogP contribution in [-0.2, 0) is 4.79 Å². The van der Waals surface area contributed by atoms with Crippen molar-refractivity contribution in [1.29, 1.82) is 0 Å². The van der Waals surface area contributed by atoms with E-state index in [1.54, 1.807) is 24.4 Å². The standard InChI is InChI=1S/C21H18N4O3/c26-20(14-6-7-14)25-19-12-15(8-11-23-19)21(27)24-17-13-22-10-9-18(17)28-16-4-2-1-3-5-16/h1-5,8-14H,6-7H2,(H,24,27)(H,23,25,26). The second-order valence-corrected chi connectivity index (χ2v) is 6.43. The van der Waals surface area contributed by atoms with Gasteiger partial charge < -0.3 is 15.4 Å². The van der Waals surface area contributed by atoms with Crippen molar-refractivity contribution >= 4 is 23.3 Å². The summed E-state index contributed by atoms with van der Waals surface area (Å²) in [5.74, 6) is 1.14. The lowest BCUT2D eigenvalue weighted by Crippen LogP contribution is -2.16. The van der Waals surface area contributed by atoms with Gasteiger partial charge >= 0.3 is 0 Å². The zero-order valence-corrected chi connectivity index (χ0v) is 15.0. The highest BCUT2D eigenvalue weighted by atomic mass is 16.5. The van der Waals surface area contributed by atoms with Gasteiger partial charge in [-0.2, -0.15) is 0 Å². The van der Waals surface area contributed by atoms with Crippen molar-refractivity contribution in [2.45, 2.75) is 12.8 Å². The molecular weight excluding hydrogens is 356 g/mol. The van der Waals surface area contributed by atoms with Crippen LogP contribution < -0.4 is 15.4 Å². The van der Waals surface area contributed by atoms with Crippen LogP contribution >= 0.6 is 0 Å². The van der Waals surface area contributed by atoms with Crippen molar-refractivity contribution in [2.75, 3.05) is 10.6 Å². The number of nitrogens with zero attached hydrogens (tertiary/aromatic N) is 2. The highest BCUT2D eigenvalue weighted by Crippen LogP contribution is 2.30. The normalized spacial score (nSPS) is 12.9. The number of anilines is 2. The van der Waals surface area contributed by atoms with Gasteiger partial charge in [-0.05, 0) is 37.1 Å². The van der Waals surface area contributed by atoms with Gasteiger partial charge in [-0.25, -0.2) is 4.98 Å². The molecule has 0 radical (unpaired) electrons. The average molecular weight is 374 g/mol. The topological polar surface area (TPSA) is 93.2 Å². The fourth-order valence-electron chi connectivity index (χ4n) is 2.59. The van der Waals surface area contributed by atoms with Gasteiger partial charge in [0.05, 0.1) is 6.20 Å². The number of rotatable bonds is 6. The molecule has 0 bridgehead atoms. The zero-order valence-electron chi connectivity index (χ0n) is 15.0. The van der Waals surface area contributed by atoms with Gasteiger partial charge in [-0.3, -0.25) is 14.6 Å². The molecule has 2 amide bonds. The number of para-hydroxylation sites is 1. The first-order valence-electron chi connectivity index (χ1n) is 8.94. The molecule has 0 saturated heterocycles. The molecule has 0 atom stereocenters. The number of benzene rings is 1. The summed E-state index contributed by atoms with van der Waals surface area (Å²) in [5.41, 5.74) is 0.812. The fraction of sp³-hybridized carbons (Fsp3) is 0.143. The number of carbonyl (C=O) groups excluding carboxylic acids is 2. The summed E-state index contributed by atoms with van der Waals surface area (Å²) in [4.78, 5) is 32.7. The molecule has 140 valence electrons. The number of carbonyl (C=O) groups is 2. The molecule has 1 aromatic carbocycles. The van der Waals surface area contributed by atoms with Crippen molar-refractivity contribution < 1.29 is 14.3 Å². The van der Waals surface area contributed by atoms with Crippen molar-refractivity contribution in [1.82, 2.24) is 9.97 Å². The van der Waals surface area contributed by atoms with E-state index in [0.717, 1.165) is 12.8 Å². The molecule has 1 saturated carbocycles. The number of hydrogen-bond donors (Lipinski definition) is 2. The molecule has 1 aliphatic carbocycles. The summed E-state index contributed by atoms with van der Waals surface area (Å²) in [6, 6.07) is 14.1. The molecule has 4 rings (SSSR count). The van der Waals surface area contributed by atoms with Crippen molar-refractivity contribution in [2.24, 2.45) is 5.92 Å². The van der Waals surface area contributed by atoms with Crippen molar-refractivity contribution in [3.63, 3.8) is 0 Å². The van der Waals surface area contributed by atoms with Crippen LogP contribution in [0.4, 0.5) is 11.5 Å². The first kappa shape index (κ1) is 17.7. The third kappa shape index (κ3) is 4.32. The Kier molecular flexibility index (Phi) is 4.97. The van der Waals surface area contributed by atoms with Gasteiger partial charge in [-0.1, -0.05) is 18.2 Å². The molecule has 28 heavy (non-hydrogen) atoms. The third-order valence-electron chi connectivity index (χ3n) is 4.22. The monoisotopic (exact) mass is 374 g/mol. The maximum Gasteiger partial charge on any atom is 0.255 e. The predicted molar refractivity (Wildman–Crippen MR) is 104 cm³/mol. The Balaban J connectivity index is 1.48. The van der Waals surface area contributed by atoms with Gasteiger partial charge in [0.25, 0.3) is 5.91 Å². The Bertz CT molecular complexity index is 1000. The molecule has 0 aliphatic heterocycles. The molecule has 1 fully saturated rings. The highest BCUT2D eigenvalue weighted by molar-refractivity contribution is 6.05. The maximum atomic E-state index is 12.7. The summed E-state index contributed by atoms with van der Waals surface area (Å²) in [6.45, 7) is 0. The second kappa shape index (κ2) is 7.87. The molecule has 1 aliphatic rings. The lowest BCUT2D eigenvalue weighted by Gasteiger charge is -2.12. The van der Waals surface area contributed by atoms with Crippen LogP contribution in [0.15, 0.2) is 67.1 Å². The summed E-state index contributed by atoms with van der Waals surface area (Å²) in [6.07, 6.45) is 6.40. The molecule has 2 aromatic heterocycles. The smallest absolute Gasteiger partial charge is 0.255 e. The van der Waals surface area contributed by atoms with E-state index in [-0.39, 0.29) is 17.7 Å². The number of amides is 2. The van der Waals surface area contributed by atoms with Crippen LogP contribution in [-0.4, -0.2) is 21.8 Å². The van der Waals surface area contributed by atoms with Crippen LogP contribution in [0.1, 0.15) is 23.2 Å². The van der Waals surface area contributed by atoms with Gasteiger partial charge in [0.2, 0.25) is 5.91 Å². The number of pyridine rings is 2. The number of nitrogens with one attached hydrogen (secondary N) is 2. The van der Waals surface area contributed by atoms with E-state index in [1.807, 2.05) is 30.3 Å². The second-order valence-electron chi connectivity index (χ2n) is 6.43. The number of aromatic nitrogens is 2. The van der Waals surface area contributed by atoms with E-state index < -0.39 is 0 Å². The Hall–Kier alpha value is -3.74. The molecule has 3 aromatic rings. The van der Waals surface area contributed by atoms with Gasteiger partial charge in [-0.15, -0.1) is 0 Å². The minimum Gasteiger partial charge on any atom is -0.455 e. The van der Waals surface area contributed by atoms with Crippen LogP contribution in [0.25, 0.3) is 0 Å². The SMILES string of the molecule is O=C(Nc1cnccc1Oc1ccccc1)c1ccnc(NC(=O)C2CC2)c1. The molecule has 2 heterocycles. The highest BCUT2D eigenvalue weighted by Gasteiger charge is 2.29. The van der Waals surface area contributed by atoms with E-state index in [4.69, 9.17) is 4.74 Å². The summed E-state index contributed by atoms with van der Waals surface area (Å²) in [5, 5.41) is 5.54. The Morgan fingerprint density at radius 2 is 1.82 bits per heavy atom. The van der Waals surface area contributed by atoms with Crippen LogP contribution in [0.3, 0.4) is 0 Å². The zero-order chi connectivity index (χ0) is 19.3. The average Bonchev–Trinajstić information content (AvgIpc) is 3.56. The Morgan fingerprint density at radius 1 is 1.00 bits per heavy atom. The molecule has 2 N–H and O–H groups in total.